The van der Waals surface area contributed by atoms with Crippen LogP contribution >= 0.6 is 34.4 Å². The quantitative estimate of drug-likeness (QED) is 0.0697. The fraction of sp³-hybridized carbons (Fsp3) is 0.111. The summed E-state index contributed by atoms with van der Waals surface area (Å²) in [6, 6.07) is 25.4. The van der Waals surface area contributed by atoms with Crippen molar-refractivity contribution < 1.29 is 23.9 Å². The van der Waals surface area contributed by atoms with E-state index in [0.29, 0.717) is 27.4 Å². The Labute approximate surface area is 284 Å². The minimum atomic E-state index is -0.497. The molecule has 0 spiro atoms. The van der Waals surface area contributed by atoms with Gasteiger partial charge < -0.3 is 20.7 Å². The third-order valence-electron chi connectivity index (χ3n) is 6.73. The van der Waals surface area contributed by atoms with Crippen LogP contribution in [0, 0.1) is 6.92 Å². The van der Waals surface area contributed by atoms with Crippen molar-refractivity contribution in [2.24, 2.45) is 0 Å². The van der Waals surface area contributed by atoms with Gasteiger partial charge in [-0.3, -0.25) is 14.4 Å². The van der Waals surface area contributed by atoms with Crippen LogP contribution in [0.4, 0.5) is 10.7 Å². The Balaban J connectivity index is 1.25. The number of benzene rings is 3. The third kappa shape index (κ3) is 9.07. The molecule has 8 nitrogen and oxygen atoms in total. The van der Waals surface area contributed by atoms with Crippen molar-refractivity contribution in [3.8, 4) is 11.1 Å². The first kappa shape index (κ1) is 33.4. The van der Waals surface area contributed by atoms with Gasteiger partial charge in [0.1, 0.15) is 16.3 Å². The van der Waals surface area contributed by atoms with Gasteiger partial charge in [0, 0.05) is 27.1 Å². The van der Waals surface area contributed by atoms with Crippen molar-refractivity contribution in [2.75, 3.05) is 23.0 Å². The summed E-state index contributed by atoms with van der Waals surface area (Å²) in [5.41, 5.74) is 4.78. The number of carbonyl (C=O) groups excluding carboxylic acids is 4. The number of nitrogens with one attached hydrogen (secondary N) is 3. The normalized spacial score (nSPS) is 11.1. The number of ether oxygens (including phenoxy) is 1. The Morgan fingerprint density at radius 2 is 1.68 bits per heavy atom. The van der Waals surface area contributed by atoms with E-state index in [1.54, 1.807) is 55.5 Å². The highest BCUT2D eigenvalue weighted by atomic mass is 32.2. The molecule has 3 N–H and O–H groups in total. The van der Waals surface area contributed by atoms with E-state index >= 15 is 0 Å². The number of thiophene rings is 2. The number of hydrogen-bond donors (Lipinski definition) is 3. The molecule has 0 saturated carbocycles. The average Bonchev–Trinajstić information content (AvgIpc) is 3.75. The fourth-order valence-electron chi connectivity index (χ4n) is 4.44. The second-order valence-electron chi connectivity index (χ2n) is 10.2. The van der Waals surface area contributed by atoms with E-state index in [1.807, 2.05) is 65.5 Å². The number of thioether (sulfide) groups is 1. The van der Waals surface area contributed by atoms with Gasteiger partial charge in [0.25, 0.3) is 11.8 Å². The lowest BCUT2D eigenvalue weighted by Crippen LogP contribution is -2.30. The predicted molar refractivity (Wildman–Crippen MR) is 191 cm³/mol. The highest BCUT2D eigenvalue weighted by Crippen LogP contribution is 2.36. The van der Waals surface area contributed by atoms with Gasteiger partial charge in [-0.2, -0.15) is 11.3 Å². The molecule has 2 heterocycles. The SMILES string of the molecule is CCOC(=O)c1c(-c2ccc(C)cc2)csc1NC(=O)CSc1cccc(NC(=O)/C(=C/c2ccsc2)NC(=O)c2ccccc2)c1. The summed E-state index contributed by atoms with van der Waals surface area (Å²) in [5, 5.41) is 14.5. The molecule has 5 rings (SSSR count). The zero-order valence-corrected chi connectivity index (χ0v) is 28.0. The topological polar surface area (TPSA) is 114 Å². The lowest BCUT2D eigenvalue weighted by molar-refractivity contribution is -0.114. The summed E-state index contributed by atoms with van der Waals surface area (Å²) in [7, 11) is 0. The average molecular weight is 682 g/mol. The van der Waals surface area contributed by atoms with Crippen LogP contribution in [0.3, 0.4) is 0 Å². The number of rotatable bonds is 12. The molecule has 238 valence electrons. The fourth-order valence-corrected chi connectivity index (χ4v) is 6.79. The summed E-state index contributed by atoms with van der Waals surface area (Å²) in [6.07, 6.45) is 1.62. The van der Waals surface area contributed by atoms with Crippen LogP contribution in [0.2, 0.25) is 0 Å². The Kier molecular flexibility index (Phi) is 11.4. The van der Waals surface area contributed by atoms with E-state index < -0.39 is 17.8 Å². The van der Waals surface area contributed by atoms with E-state index in [-0.39, 0.29) is 24.0 Å². The van der Waals surface area contributed by atoms with Crippen LogP contribution < -0.4 is 16.0 Å². The summed E-state index contributed by atoms with van der Waals surface area (Å²) in [5.74, 6) is -1.62. The van der Waals surface area contributed by atoms with Crippen molar-refractivity contribution in [3.05, 3.63) is 129 Å². The van der Waals surface area contributed by atoms with Crippen LogP contribution in [-0.2, 0) is 14.3 Å². The molecule has 0 aliphatic carbocycles. The molecular weight excluding hydrogens is 651 g/mol. The molecular formula is C36H31N3O5S3. The van der Waals surface area contributed by atoms with Crippen molar-refractivity contribution >= 4 is 74.9 Å². The van der Waals surface area contributed by atoms with Crippen molar-refractivity contribution in [2.45, 2.75) is 18.7 Å². The molecule has 0 radical (unpaired) electrons. The van der Waals surface area contributed by atoms with Crippen LogP contribution in [-0.4, -0.2) is 36.1 Å². The van der Waals surface area contributed by atoms with Crippen LogP contribution in [0.25, 0.3) is 17.2 Å². The highest BCUT2D eigenvalue weighted by Gasteiger charge is 2.23. The van der Waals surface area contributed by atoms with Gasteiger partial charge in [-0.15, -0.1) is 23.1 Å². The molecule has 0 atom stereocenters. The van der Waals surface area contributed by atoms with Gasteiger partial charge in [0.2, 0.25) is 5.91 Å². The molecule has 5 aromatic rings. The molecule has 0 unspecified atom stereocenters. The largest absolute Gasteiger partial charge is 0.462 e. The van der Waals surface area contributed by atoms with E-state index in [0.717, 1.165) is 21.6 Å². The molecule has 3 amide bonds. The molecule has 47 heavy (non-hydrogen) atoms. The molecule has 3 aromatic carbocycles. The number of aryl methyl sites for hydroxylation is 1. The number of amides is 3. The van der Waals surface area contributed by atoms with Gasteiger partial charge in [0.05, 0.1) is 12.4 Å². The maximum absolute atomic E-state index is 13.3. The van der Waals surface area contributed by atoms with Gasteiger partial charge in [0.15, 0.2) is 0 Å². The molecule has 0 saturated heterocycles. The van der Waals surface area contributed by atoms with Crippen LogP contribution in [0.1, 0.15) is 38.8 Å². The minimum Gasteiger partial charge on any atom is -0.462 e. The first-order valence-corrected chi connectivity index (χ1v) is 17.4. The summed E-state index contributed by atoms with van der Waals surface area (Å²) in [4.78, 5) is 52.9. The number of anilines is 2. The lowest BCUT2D eigenvalue weighted by Gasteiger charge is -2.12. The maximum atomic E-state index is 13.3. The predicted octanol–water partition coefficient (Wildman–Crippen LogP) is 8.10. The minimum absolute atomic E-state index is 0.0634. The van der Waals surface area contributed by atoms with E-state index in [9.17, 15) is 19.2 Å². The molecule has 2 aromatic heterocycles. The van der Waals surface area contributed by atoms with Crippen molar-refractivity contribution in [1.29, 1.82) is 0 Å². The van der Waals surface area contributed by atoms with Gasteiger partial charge in [-0.1, -0.05) is 54.1 Å². The Morgan fingerprint density at radius 3 is 2.40 bits per heavy atom. The van der Waals surface area contributed by atoms with Crippen molar-refractivity contribution in [3.63, 3.8) is 0 Å². The van der Waals surface area contributed by atoms with Crippen LogP contribution in [0.5, 0.6) is 0 Å². The second-order valence-corrected chi connectivity index (χ2v) is 12.9. The van der Waals surface area contributed by atoms with E-state index in [4.69, 9.17) is 4.74 Å². The number of esters is 1. The molecule has 11 heteroatoms. The lowest BCUT2D eigenvalue weighted by atomic mass is 10.0. The molecule has 0 aliphatic rings. The molecule has 0 bridgehead atoms. The van der Waals surface area contributed by atoms with Gasteiger partial charge in [-0.25, -0.2) is 4.79 Å². The zero-order valence-electron chi connectivity index (χ0n) is 25.6. The Morgan fingerprint density at radius 1 is 0.894 bits per heavy atom. The zero-order chi connectivity index (χ0) is 33.2. The molecule has 0 fully saturated rings. The van der Waals surface area contributed by atoms with Gasteiger partial charge in [-0.05, 0) is 78.2 Å². The smallest absolute Gasteiger partial charge is 0.341 e. The van der Waals surface area contributed by atoms with Crippen molar-refractivity contribution in [1.82, 2.24) is 5.32 Å². The molecule has 0 aliphatic heterocycles. The maximum Gasteiger partial charge on any atom is 0.341 e. The third-order valence-corrected chi connectivity index (χ3v) is 9.32. The number of hydrogen-bond acceptors (Lipinski definition) is 8. The first-order valence-electron chi connectivity index (χ1n) is 14.6. The van der Waals surface area contributed by atoms with Gasteiger partial charge >= 0.3 is 5.97 Å². The summed E-state index contributed by atoms with van der Waals surface area (Å²) >= 11 is 4.03. The first-order chi connectivity index (χ1) is 22.8. The second kappa shape index (κ2) is 16.0. The summed E-state index contributed by atoms with van der Waals surface area (Å²) in [6.45, 7) is 3.94. The van der Waals surface area contributed by atoms with E-state index in [1.165, 1.54) is 34.4 Å². The highest BCUT2D eigenvalue weighted by molar-refractivity contribution is 8.00. The summed E-state index contributed by atoms with van der Waals surface area (Å²) < 4.78 is 5.31. The monoisotopic (exact) mass is 681 g/mol. The standard InChI is InChI=1S/C36H31N3O5S3/c1-3-44-36(43)32-29(25-14-12-23(2)13-15-25)21-47-35(32)39-31(40)22-46-28-11-7-10-27(19-28)37-34(42)30(18-24-16-17-45-20-24)38-33(41)26-8-5-4-6-9-26/h4-21H,3,22H2,1-2H3,(H,37,42)(H,38,41)(H,39,40)/b30-18-. The van der Waals surface area contributed by atoms with Crippen LogP contribution in [0.15, 0.2) is 112 Å². The van der Waals surface area contributed by atoms with E-state index in [2.05, 4.69) is 16.0 Å². The Hall–Kier alpha value is -4.97. The Bertz CT molecular complexity index is 1900. The number of carbonyl (C=O) groups is 4.